The van der Waals surface area contributed by atoms with Gasteiger partial charge in [-0.05, 0) is 48.3 Å². The molecule has 7 atom stereocenters. The van der Waals surface area contributed by atoms with Gasteiger partial charge in [0.1, 0.15) is 0 Å². The van der Waals surface area contributed by atoms with E-state index in [0.29, 0.717) is 6.10 Å². The fourth-order valence-corrected chi connectivity index (χ4v) is 5.11. The molecule has 0 aromatic rings. The highest BCUT2D eigenvalue weighted by atomic mass is 16.5. The normalized spacial score (nSPS) is 60.6. The topological polar surface area (TPSA) is 9.23 Å². The maximum atomic E-state index is 5.70. The Morgan fingerprint density at radius 3 is 2.50 bits per heavy atom. The Hall–Kier alpha value is -0.0400. The number of hydrogen-bond acceptors (Lipinski definition) is 1. The molecule has 3 rings (SSSR count). The van der Waals surface area contributed by atoms with Gasteiger partial charge in [-0.1, -0.05) is 20.3 Å². The average Bonchev–Trinajstić information content (AvgIpc) is 2.77. The Balaban J connectivity index is 1.88. The Morgan fingerprint density at radius 1 is 1.00 bits per heavy atom. The lowest BCUT2D eigenvalue weighted by atomic mass is 9.72. The van der Waals surface area contributed by atoms with Crippen LogP contribution < -0.4 is 0 Å². The smallest absolute Gasteiger partial charge is 0.0630 e. The first-order valence-corrected chi connectivity index (χ1v) is 6.26. The summed E-state index contributed by atoms with van der Waals surface area (Å²) in [6.07, 6.45) is 5.02. The number of rotatable bonds is 1. The SMILES string of the molecule is COC1C(C)C2CC1C1CCC(C)C21. The van der Waals surface area contributed by atoms with Crippen LogP contribution in [0.1, 0.15) is 33.1 Å². The standard InChI is InChI=1S/C13H22O/c1-7-4-5-9-11-6-10(12(7)9)8(2)13(11)14-3/h7-13H,4-6H2,1-3H3. The molecule has 14 heavy (non-hydrogen) atoms. The van der Waals surface area contributed by atoms with Crippen LogP contribution in [0.2, 0.25) is 0 Å². The van der Waals surface area contributed by atoms with Gasteiger partial charge in [0.2, 0.25) is 0 Å². The molecule has 1 heteroatoms. The quantitative estimate of drug-likeness (QED) is 0.623. The van der Waals surface area contributed by atoms with Crippen molar-refractivity contribution >= 4 is 0 Å². The van der Waals surface area contributed by atoms with E-state index in [4.69, 9.17) is 4.74 Å². The Kier molecular flexibility index (Phi) is 1.96. The van der Waals surface area contributed by atoms with E-state index in [1.54, 1.807) is 0 Å². The molecule has 0 radical (unpaired) electrons. The first-order chi connectivity index (χ1) is 6.74. The van der Waals surface area contributed by atoms with Gasteiger partial charge in [0.25, 0.3) is 0 Å². The predicted molar refractivity (Wildman–Crippen MR) is 56.9 cm³/mol. The van der Waals surface area contributed by atoms with Gasteiger partial charge >= 0.3 is 0 Å². The summed E-state index contributed by atoms with van der Waals surface area (Å²) in [5, 5.41) is 0. The van der Waals surface area contributed by atoms with Gasteiger partial charge in [-0.3, -0.25) is 0 Å². The molecule has 0 N–H and O–H groups in total. The zero-order chi connectivity index (χ0) is 9.87. The van der Waals surface area contributed by atoms with E-state index in [0.717, 1.165) is 35.5 Å². The molecule has 80 valence electrons. The first-order valence-electron chi connectivity index (χ1n) is 6.26. The van der Waals surface area contributed by atoms with Crippen LogP contribution in [0, 0.1) is 35.5 Å². The predicted octanol–water partition coefficient (Wildman–Crippen LogP) is 2.95. The molecule has 2 bridgehead atoms. The number of fused-ring (bicyclic) bond motifs is 5. The lowest BCUT2D eigenvalue weighted by Crippen LogP contribution is -2.37. The Labute approximate surface area is 87.2 Å². The van der Waals surface area contributed by atoms with Gasteiger partial charge in [-0.2, -0.15) is 0 Å². The molecule has 3 aliphatic rings. The number of methoxy groups -OCH3 is 1. The molecule has 0 aliphatic heterocycles. The van der Waals surface area contributed by atoms with E-state index in [-0.39, 0.29) is 0 Å². The monoisotopic (exact) mass is 194 g/mol. The van der Waals surface area contributed by atoms with Crippen LogP contribution in [0.3, 0.4) is 0 Å². The zero-order valence-corrected chi connectivity index (χ0v) is 9.57. The summed E-state index contributed by atoms with van der Waals surface area (Å²) >= 11 is 0. The third-order valence-electron chi connectivity index (χ3n) is 5.58. The van der Waals surface area contributed by atoms with E-state index in [9.17, 15) is 0 Å². The molecule has 0 aromatic carbocycles. The molecular weight excluding hydrogens is 172 g/mol. The molecule has 3 saturated carbocycles. The second-order valence-electron chi connectivity index (χ2n) is 5.92. The number of ether oxygens (including phenoxy) is 1. The van der Waals surface area contributed by atoms with E-state index in [2.05, 4.69) is 13.8 Å². The van der Waals surface area contributed by atoms with Gasteiger partial charge in [0.05, 0.1) is 6.10 Å². The second kappa shape index (κ2) is 2.98. The van der Waals surface area contributed by atoms with Crippen molar-refractivity contribution in [3.63, 3.8) is 0 Å². The summed E-state index contributed by atoms with van der Waals surface area (Å²) in [7, 11) is 1.91. The van der Waals surface area contributed by atoms with Crippen LogP contribution in [0.25, 0.3) is 0 Å². The van der Waals surface area contributed by atoms with Crippen molar-refractivity contribution in [2.75, 3.05) is 7.11 Å². The largest absolute Gasteiger partial charge is 0.381 e. The molecule has 0 heterocycles. The van der Waals surface area contributed by atoms with Gasteiger partial charge < -0.3 is 4.74 Å². The van der Waals surface area contributed by atoms with Crippen LogP contribution in [-0.2, 0) is 4.74 Å². The minimum Gasteiger partial charge on any atom is -0.381 e. The van der Waals surface area contributed by atoms with Gasteiger partial charge in [-0.25, -0.2) is 0 Å². The van der Waals surface area contributed by atoms with E-state index in [1.165, 1.54) is 19.3 Å². The summed E-state index contributed by atoms with van der Waals surface area (Å²) < 4.78 is 5.70. The molecule has 0 spiro atoms. The van der Waals surface area contributed by atoms with Crippen molar-refractivity contribution in [3.8, 4) is 0 Å². The molecule has 0 aromatic heterocycles. The molecule has 3 aliphatic carbocycles. The van der Waals surface area contributed by atoms with Crippen LogP contribution in [0.15, 0.2) is 0 Å². The second-order valence-corrected chi connectivity index (χ2v) is 5.92. The van der Waals surface area contributed by atoms with Crippen LogP contribution >= 0.6 is 0 Å². The van der Waals surface area contributed by atoms with Gasteiger partial charge in [0, 0.05) is 7.11 Å². The highest BCUT2D eigenvalue weighted by Gasteiger charge is 2.59. The highest BCUT2D eigenvalue weighted by molar-refractivity contribution is 5.08. The molecule has 7 unspecified atom stereocenters. The van der Waals surface area contributed by atoms with E-state index < -0.39 is 0 Å². The minimum absolute atomic E-state index is 0.589. The van der Waals surface area contributed by atoms with Crippen molar-refractivity contribution in [2.24, 2.45) is 35.5 Å². The molecule has 0 saturated heterocycles. The molecule has 3 fully saturated rings. The highest BCUT2D eigenvalue weighted by Crippen LogP contribution is 2.63. The Bertz CT molecular complexity index is 237. The zero-order valence-electron chi connectivity index (χ0n) is 9.57. The van der Waals surface area contributed by atoms with Crippen molar-refractivity contribution in [1.82, 2.24) is 0 Å². The van der Waals surface area contributed by atoms with Crippen molar-refractivity contribution in [1.29, 1.82) is 0 Å². The minimum atomic E-state index is 0.589. The van der Waals surface area contributed by atoms with Gasteiger partial charge in [0.15, 0.2) is 0 Å². The fourth-order valence-electron chi connectivity index (χ4n) is 5.11. The lowest BCUT2D eigenvalue weighted by molar-refractivity contribution is -0.0195. The summed E-state index contributed by atoms with van der Waals surface area (Å²) in [5.74, 6) is 5.81. The summed E-state index contributed by atoms with van der Waals surface area (Å²) in [4.78, 5) is 0. The first kappa shape index (κ1) is 9.21. The van der Waals surface area contributed by atoms with Crippen molar-refractivity contribution in [3.05, 3.63) is 0 Å². The maximum Gasteiger partial charge on any atom is 0.0630 e. The van der Waals surface area contributed by atoms with Crippen molar-refractivity contribution in [2.45, 2.75) is 39.2 Å². The van der Waals surface area contributed by atoms with Crippen LogP contribution in [0.5, 0.6) is 0 Å². The third kappa shape index (κ3) is 0.946. The van der Waals surface area contributed by atoms with E-state index in [1.807, 2.05) is 7.11 Å². The summed E-state index contributed by atoms with van der Waals surface area (Å²) in [6, 6.07) is 0. The molecular formula is C13H22O. The number of hydrogen-bond donors (Lipinski definition) is 0. The van der Waals surface area contributed by atoms with Crippen LogP contribution in [0.4, 0.5) is 0 Å². The summed E-state index contributed by atoms with van der Waals surface area (Å²) in [5.41, 5.74) is 0. The maximum absolute atomic E-state index is 5.70. The molecule has 0 amide bonds. The fraction of sp³-hybridized carbons (Fsp3) is 1.00. The van der Waals surface area contributed by atoms with Gasteiger partial charge in [-0.15, -0.1) is 0 Å². The lowest BCUT2D eigenvalue weighted by Gasteiger charge is -2.37. The van der Waals surface area contributed by atoms with Crippen LogP contribution in [-0.4, -0.2) is 13.2 Å². The Morgan fingerprint density at radius 2 is 1.79 bits per heavy atom. The van der Waals surface area contributed by atoms with Crippen molar-refractivity contribution < 1.29 is 4.74 Å². The average molecular weight is 194 g/mol. The summed E-state index contributed by atoms with van der Waals surface area (Å²) in [6.45, 7) is 4.89. The van der Waals surface area contributed by atoms with E-state index >= 15 is 0 Å². The third-order valence-corrected chi connectivity index (χ3v) is 5.58. The molecule has 1 nitrogen and oxygen atoms in total.